The lowest BCUT2D eigenvalue weighted by Crippen LogP contribution is -2.13. The van der Waals surface area contributed by atoms with Crippen LogP contribution in [0.25, 0.3) is 6.08 Å². The lowest BCUT2D eigenvalue weighted by molar-refractivity contribution is -0.112. The van der Waals surface area contributed by atoms with Crippen LogP contribution in [0.5, 0.6) is 5.75 Å². The minimum absolute atomic E-state index is 0.0121. The molecule has 6 heteroatoms. The van der Waals surface area contributed by atoms with Crippen LogP contribution in [0.1, 0.15) is 16.7 Å². The molecule has 0 atom stereocenters. The van der Waals surface area contributed by atoms with Gasteiger partial charge in [0.05, 0.1) is 0 Å². The van der Waals surface area contributed by atoms with Crippen LogP contribution < -0.4 is 10.1 Å². The van der Waals surface area contributed by atoms with Crippen LogP contribution in [0.2, 0.25) is 0 Å². The summed E-state index contributed by atoms with van der Waals surface area (Å²) < 4.78 is 7.86. The topological polar surface area (TPSA) is 62.1 Å². The van der Waals surface area contributed by atoms with Crippen LogP contribution in [0, 0.1) is 11.3 Å². The van der Waals surface area contributed by atoms with Gasteiger partial charge >= 0.3 is 0 Å². The Bertz CT molecular complexity index is 1200. The van der Waals surface area contributed by atoms with Gasteiger partial charge < -0.3 is 10.1 Å². The fourth-order valence-electron chi connectivity index (χ4n) is 2.97. The Morgan fingerprint density at radius 2 is 1.84 bits per heavy atom. The van der Waals surface area contributed by atoms with Gasteiger partial charge in [-0.1, -0.05) is 62.2 Å². The minimum Gasteiger partial charge on any atom is -0.489 e. The Labute approximate surface area is 204 Å². The summed E-state index contributed by atoms with van der Waals surface area (Å²) in [5.74, 6) is 0.272. The first-order chi connectivity index (χ1) is 15.5. The van der Waals surface area contributed by atoms with Gasteiger partial charge in [-0.2, -0.15) is 5.26 Å². The third-order valence-corrected chi connectivity index (χ3v) is 5.54. The Hall–Kier alpha value is -3.14. The van der Waals surface area contributed by atoms with Gasteiger partial charge in [0, 0.05) is 14.6 Å². The van der Waals surface area contributed by atoms with Gasteiger partial charge in [-0.15, -0.1) is 6.58 Å². The first kappa shape index (κ1) is 23.5. The Kier molecular flexibility index (Phi) is 8.43. The molecule has 0 unspecified atom stereocenters. The number of anilines is 1. The lowest BCUT2D eigenvalue weighted by atomic mass is 10.0. The molecule has 32 heavy (non-hydrogen) atoms. The van der Waals surface area contributed by atoms with E-state index in [1.807, 2.05) is 60.7 Å². The number of amides is 1. The van der Waals surface area contributed by atoms with E-state index in [4.69, 9.17) is 4.74 Å². The Morgan fingerprint density at radius 1 is 1.06 bits per heavy atom. The standard InChI is InChI=1S/C26H20Br2N2O2/c1-2-4-20-13-19(9-12-25(20)32-17-18-7-10-22(27)11-8-18)14-21(16-29)26(31)30-24-6-3-5-23(28)15-24/h2-3,5-15H,1,4,17H2,(H,30,31)/b21-14-. The zero-order chi connectivity index (χ0) is 22.9. The second-order valence-electron chi connectivity index (χ2n) is 6.91. The lowest BCUT2D eigenvalue weighted by Gasteiger charge is -2.12. The summed E-state index contributed by atoms with van der Waals surface area (Å²) in [6, 6.07) is 22.7. The van der Waals surface area contributed by atoms with E-state index < -0.39 is 5.91 Å². The summed E-state index contributed by atoms with van der Waals surface area (Å²) in [4.78, 5) is 12.6. The largest absolute Gasteiger partial charge is 0.489 e. The molecule has 0 fully saturated rings. The highest BCUT2D eigenvalue weighted by atomic mass is 79.9. The molecule has 3 aromatic rings. The maximum absolute atomic E-state index is 12.6. The molecule has 0 heterocycles. The number of carbonyl (C=O) groups is 1. The Morgan fingerprint density at radius 3 is 2.53 bits per heavy atom. The number of halogens is 2. The number of nitrogens with one attached hydrogen (secondary N) is 1. The second-order valence-corrected chi connectivity index (χ2v) is 8.74. The van der Waals surface area contributed by atoms with Gasteiger partial charge in [0.25, 0.3) is 5.91 Å². The third kappa shape index (κ3) is 6.68. The van der Waals surface area contributed by atoms with Crippen molar-refractivity contribution in [1.29, 1.82) is 5.26 Å². The maximum Gasteiger partial charge on any atom is 0.266 e. The summed E-state index contributed by atoms with van der Waals surface area (Å²) >= 11 is 6.79. The van der Waals surface area contributed by atoms with Gasteiger partial charge in [0.2, 0.25) is 0 Å². The van der Waals surface area contributed by atoms with Crippen molar-refractivity contribution in [3.8, 4) is 11.8 Å². The zero-order valence-corrected chi connectivity index (χ0v) is 20.3. The first-order valence-corrected chi connectivity index (χ1v) is 11.4. The van der Waals surface area contributed by atoms with Crippen molar-refractivity contribution in [3.63, 3.8) is 0 Å². The van der Waals surface area contributed by atoms with E-state index >= 15 is 0 Å². The molecule has 0 aromatic heterocycles. The highest BCUT2D eigenvalue weighted by molar-refractivity contribution is 9.10. The molecule has 3 aromatic carbocycles. The van der Waals surface area contributed by atoms with Crippen molar-refractivity contribution in [2.45, 2.75) is 13.0 Å². The number of carbonyl (C=O) groups excluding carboxylic acids is 1. The van der Waals surface area contributed by atoms with Crippen LogP contribution in [0.4, 0.5) is 5.69 Å². The summed E-state index contributed by atoms with van der Waals surface area (Å²) in [6.45, 7) is 4.25. The molecule has 0 aliphatic carbocycles. The molecule has 0 saturated carbocycles. The van der Waals surface area contributed by atoms with Crippen LogP contribution in [-0.4, -0.2) is 5.91 Å². The molecular formula is C26H20Br2N2O2. The van der Waals surface area contributed by atoms with Crippen molar-refractivity contribution in [2.24, 2.45) is 0 Å². The number of benzene rings is 3. The van der Waals surface area contributed by atoms with E-state index in [-0.39, 0.29) is 5.57 Å². The van der Waals surface area contributed by atoms with Gasteiger partial charge in [-0.25, -0.2) is 0 Å². The molecule has 1 N–H and O–H groups in total. The molecule has 0 saturated heterocycles. The van der Waals surface area contributed by atoms with E-state index in [2.05, 4.69) is 43.8 Å². The first-order valence-electron chi connectivity index (χ1n) is 9.78. The molecule has 4 nitrogen and oxygen atoms in total. The normalized spacial score (nSPS) is 10.8. The smallest absolute Gasteiger partial charge is 0.266 e. The number of hydrogen-bond donors (Lipinski definition) is 1. The fourth-order valence-corrected chi connectivity index (χ4v) is 3.63. The van der Waals surface area contributed by atoms with E-state index in [9.17, 15) is 10.1 Å². The fraction of sp³-hybridized carbons (Fsp3) is 0.0769. The average molecular weight is 552 g/mol. The molecule has 0 spiro atoms. The van der Waals surface area contributed by atoms with E-state index in [0.717, 1.165) is 31.4 Å². The van der Waals surface area contributed by atoms with Gasteiger partial charge in [0.1, 0.15) is 24.0 Å². The highest BCUT2D eigenvalue weighted by Crippen LogP contribution is 2.24. The molecule has 0 radical (unpaired) electrons. The summed E-state index contributed by atoms with van der Waals surface area (Å²) in [6.07, 6.45) is 3.96. The quantitative estimate of drug-likeness (QED) is 0.185. The van der Waals surface area contributed by atoms with Crippen molar-refractivity contribution in [1.82, 2.24) is 0 Å². The van der Waals surface area contributed by atoms with E-state index in [1.165, 1.54) is 0 Å². The maximum atomic E-state index is 12.6. The second kappa shape index (κ2) is 11.5. The highest BCUT2D eigenvalue weighted by Gasteiger charge is 2.11. The molecular weight excluding hydrogens is 532 g/mol. The summed E-state index contributed by atoms with van der Waals surface area (Å²) in [5.41, 5.74) is 3.33. The number of nitriles is 1. The third-order valence-electron chi connectivity index (χ3n) is 4.51. The van der Waals surface area contributed by atoms with Crippen molar-refractivity contribution >= 4 is 49.5 Å². The van der Waals surface area contributed by atoms with Gasteiger partial charge in [-0.3, -0.25) is 4.79 Å². The molecule has 0 aliphatic rings. The van der Waals surface area contributed by atoms with E-state index in [1.54, 1.807) is 24.3 Å². The van der Waals surface area contributed by atoms with Gasteiger partial charge in [0.15, 0.2) is 0 Å². The molecule has 160 valence electrons. The molecule has 1 amide bonds. The minimum atomic E-state index is -0.466. The van der Waals surface area contributed by atoms with Crippen LogP contribution in [0.3, 0.4) is 0 Å². The molecule has 0 aliphatic heterocycles. The number of allylic oxidation sites excluding steroid dienone is 1. The number of nitrogens with zero attached hydrogens (tertiary/aromatic N) is 1. The molecule has 0 bridgehead atoms. The van der Waals surface area contributed by atoms with Crippen LogP contribution in [0.15, 0.2) is 93.9 Å². The van der Waals surface area contributed by atoms with Crippen molar-refractivity contribution in [3.05, 3.63) is 111 Å². The van der Waals surface area contributed by atoms with Crippen LogP contribution in [-0.2, 0) is 17.8 Å². The number of hydrogen-bond acceptors (Lipinski definition) is 3. The number of rotatable bonds is 8. The van der Waals surface area contributed by atoms with Crippen molar-refractivity contribution in [2.75, 3.05) is 5.32 Å². The zero-order valence-electron chi connectivity index (χ0n) is 17.1. The van der Waals surface area contributed by atoms with E-state index in [0.29, 0.717) is 18.7 Å². The summed E-state index contributed by atoms with van der Waals surface area (Å²) in [7, 11) is 0. The van der Waals surface area contributed by atoms with Gasteiger partial charge in [-0.05, 0) is 71.7 Å². The Balaban J connectivity index is 1.78. The predicted octanol–water partition coefficient (Wildman–Crippen LogP) is 7.06. The summed E-state index contributed by atoms with van der Waals surface area (Å²) in [5, 5.41) is 12.3. The average Bonchev–Trinajstić information content (AvgIpc) is 2.78. The van der Waals surface area contributed by atoms with Crippen molar-refractivity contribution < 1.29 is 9.53 Å². The monoisotopic (exact) mass is 550 g/mol. The SMILES string of the molecule is C=CCc1cc(/C=C(/C#N)C(=O)Nc2cccc(Br)c2)ccc1OCc1ccc(Br)cc1. The predicted molar refractivity (Wildman–Crippen MR) is 135 cm³/mol. The van der Waals surface area contributed by atoms with Crippen LogP contribution >= 0.6 is 31.9 Å². The number of ether oxygens (including phenoxy) is 1. The molecule has 3 rings (SSSR count).